The van der Waals surface area contributed by atoms with Gasteiger partial charge in [-0.2, -0.15) is 0 Å². The van der Waals surface area contributed by atoms with Gasteiger partial charge in [0.05, 0.1) is 11.7 Å². The summed E-state index contributed by atoms with van der Waals surface area (Å²) >= 11 is 0. The van der Waals surface area contributed by atoms with Crippen LogP contribution in [0.3, 0.4) is 0 Å². The summed E-state index contributed by atoms with van der Waals surface area (Å²) in [6, 6.07) is 0. The summed E-state index contributed by atoms with van der Waals surface area (Å²) in [5, 5.41) is 21.7. The molecule has 0 aromatic rings. The highest BCUT2D eigenvalue weighted by Crippen LogP contribution is 2.63. The molecule has 94 valence electrons. The summed E-state index contributed by atoms with van der Waals surface area (Å²) in [4.78, 5) is 0. The first-order chi connectivity index (χ1) is 8.02. The van der Waals surface area contributed by atoms with Gasteiger partial charge in [0.2, 0.25) is 0 Å². The van der Waals surface area contributed by atoms with Gasteiger partial charge in [0.25, 0.3) is 0 Å². The van der Waals surface area contributed by atoms with Gasteiger partial charge in [-0.25, -0.2) is 0 Å². The predicted molar refractivity (Wildman–Crippen MR) is 65.2 cm³/mol. The van der Waals surface area contributed by atoms with Gasteiger partial charge < -0.3 is 10.2 Å². The Morgan fingerprint density at radius 1 is 1.18 bits per heavy atom. The van der Waals surface area contributed by atoms with Crippen LogP contribution in [-0.4, -0.2) is 21.9 Å². The monoisotopic (exact) mass is 234 g/mol. The van der Waals surface area contributed by atoms with Crippen molar-refractivity contribution in [3.05, 3.63) is 12.2 Å². The molecule has 0 aromatic heterocycles. The molecule has 0 aromatic carbocycles. The van der Waals surface area contributed by atoms with Gasteiger partial charge in [-0.15, -0.1) is 0 Å². The van der Waals surface area contributed by atoms with Crippen molar-refractivity contribution >= 4 is 0 Å². The van der Waals surface area contributed by atoms with Crippen LogP contribution >= 0.6 is 0 Å². The van der Waals surface area contributed by atoms with Crippen molar-refractivity contribution < 1.29 is 10.2 Å². The zero-order chi connectivity index (χ0) is 11.8. The molecule has 3 bridgehead atoms. The molecule has 2 N–H and O–H groups in total. The van der Waals surface area contributed by atoms with Crippen LogP contribution in [0.4, 0.5) is 0 Å². The Labute approximate surface area is 103 Å². The highest BCUT2D eigenvalue weighted by atomic mass is 16.3. The van der Waals surface area contributed by atoms with Crippen LogP contribution in [-0.2, 0) is 0 Å². The van der Waals surface area contributed by atoms with Crippen molar-refractivity contribution in [2.45, 2.75) is 50.7 Å². The second-order valence-electron chi connectivity index (χ2n) is 7.35. The lowest BCUT2D eigenvalue weighted by molar-refractivity contribution is -0.132. The van der Waals surface area contributed by atoms with Gasteiger partial charge in [0, 0.05) is 5.92 Å². The average Bonchev–Trinajstić information content (AvgIpc) is 2.12. The molecule has 0 radical (unpaired) electrons. The molecule has 0 unspecified atom stereocenters. The summed E-state index contributed by atoms with van der Waals surface area (Å²) in [5.74, 6) is 1.54. The van der Waals surface area contributed by atoms with Crippen molar-refractivity contribution in [3.8, 4) is 0 Å². The summed E-state index contributed by atoms with van der Waals surface area (Å²) < 4.78 is 0. The van der Waals surface area contributed by atoms with Gasteiger partial charge in [-0.05, 0) is 55.3 Å². The van der Waals surface area contributed by atoms with E-state index < -0.39 is 5.60 Å². The standard InChI is InChI=1S/C15H22O2/c1-14-6-9-2-4-12(14)13(16)10-3-5-11(10)15(17,7-9)8-14/h2,4,9-13,16-17H,3,5-8H2,1H3/t9-,10-,11+,12-,13-,14+,15+/m0/s1. The summed E-state index contributed by atoms with van der Waals surface area (Å²) in [7, 11) is 0. The molecule has 2 nitrogen and oxygen atoms in total. The molecule has 0 spiro atoms. The molecule has 4 aliphatic rings. The number of hydrogen-bond acceptors (Lipinski definition) is 2. The normalized spacial score (nSPS) is 63.8. The Bertz CT molecular complexity index is 390. The Morgan fingerprint density at radius 3 is 2.71 bits per heavy atom. The second kappa shape index (κ2) is 2.97. The zero-order valence-electron chi connectivity index (χ0n) is 10.5. The third-order valence-electron chi connectivity index (χ3n) is 6.27. The number of aliphatic hydroxyl groups excluding tert-OH is 1. The Kier molecular flexibility index (Phi) is 1.85. The van der Waals surface area contributed by atoms with E-state index in [-0.39, 0.29) is 17.4 Å². The number of aliphatic hydroxyl groups is 2. The fraction of sp³-hybridized carbons (Fsp3) is 0.867. The van der Waals surface area contributed by atoms with E-state index in [4.69, 9.17) is 0 Å². The molecule has 2 heteroatoms. The maximum Gasteiger partial charge on any atom is 0.0690 e. The van der Waals surface area contributed by atoms with Crippen molar-refractivity contribution in [1.82, 2.24) is 0 Å². The van der Waals surface area contributed by atoms with E-state index in [1.54, 1.807) is 0 Å². The average molecular weight is 234 g/mol. The van der Waals surface area contributed by atoms with Gasteiger partial charge in [0.15, 0.2) is 0 Å². The van der Waals surface area contributed by atoms with E-state index in [9.17, 15) is 10.2 Å². The van der Waals surface area contributed by atoms with Gasteiger partial charge in [-0.3, -0.25) is 0 Å². The molecule has 4 aliphatic carbocycles. The fourth-order valence-corrected chi connectivity index (χ4v) is 5.54. The topological polar surface area (TPSA) is 40.5 Å². The first kappa shape index (κ1) is 10.6. The highest BCUT2D eigenvalue weighted by Gasteiger charge is 2.62. The maximum absolute atomic E-state index is 11.0. The van der Waals surface area contributed by atoms with Crippen LogP contribution in [0.5, 0.6) is 0 Å². The van der Waals surface area contributed by atoms with Crippen molar-refractivity contribution in [1.29, 1.82) is 0 Å². The largest absolute Gasteiger partial charge is 0.392 e. The van der Waals surface area contributed by atoms with Gasteiger partial charge in [0.1, 0.15) is 0 Å². The summed E-state index contributed by atoms with van der Waals surface area (Å²) in [6.45, 7) is 2.28. The molecule has 4 rings (SSSR count). The van der Waals surface area contributed by atoms with E-state index >= 15 is 0 Å². The van der Waals surface area contributed by atoms with Crippen LogP contribution in [0.1, 0.15) is 39.0 Å². The Hall–Kier alpha value is -0.340. The van der Waals surface area contributed by atoms with Crippen LogP contribution in [0, 0.1) is 29.1 Å². The van der Waals surface area contributed by atoms with E-state index in [1.165, 1.54) is 0 Å². The quantitative estimate of drug-likeness (QED) is 0.630. The van der Waals surface area contributed by atoms with Crippen molar-refractivity contribution in [2.75, 3.05) is 0 Å². The third-order valence-corrected chi connectivity index (χ3v) is 6.27. The summed E-state index contributed by atoms with van der Waals surface area (Å²) in [5.41, 5.74) is -0.357. The number of rotatable bonds is 0. The van der Waals surface area contributed by atoms with E-state index in [1.807, 2.05) is 0 Å². The van der Waals surface area contributed by atoms with Gasteiger partial charge >= 0.3 is 0 Å². The minimum absolute atomic E-state index is 0.128. The van der Waals surface area contributed by atoms with Crippen molar-refractivity contribution in [2.24, 2.45) is 29.1 Å². The van der Waals surface area contributed by atoms with E-state index in [0.717, 1.165) is 32.1 Å². The first-order valence-electron chi connectivity index (χ1n) is 7.11. The Morgan fingerprint density at radius 2 is 2.00 bits per heavy atom. The fourth-order valence-electron chi connectivity index (χ4n) is 5.54. The minimum atomic E-state index is -0.485. The van der Waals surface area contributed by atoms with Crippen LogP contribution in [0.15, 0.2) is 12.2 Å². The zero-order valence-corrected chi connectivity index (χ0v) is 10.5. The molecule has 0 heterocycles. The SMILES string of the molecule is C[C@]12C[C@@H]3C=C[C@H]1[C@@H](O)[C@H]1CC[C@H]1[C@@](O)(C3)C2. The molecular formula is C15H22O2. The van der Waals surface area contributed by atoms with Crippen molar-refractivity contribution in [3.63, 3.8) is 0 Å². The molecule has 7 atom stereocenters. The first-order valence-corrected chi connectivity index (χ1v) is 7.11. The minimum Gasteiger partial charge on any atom is -0.392 e. The molecule has 0 saturated heterocycles. The lowest BCUT2D eigenvalue weighted by Gasteiger charge is -2.53. The number of hydrogen-bond donors (Lipinski definition) is 2. The van der Waals surface area contributed by atoms with Crippen LogP contribution in [0.2, 0.25) is 0 Å². The smallest absolute Gasteiger partial charge is 0.0690 e. The van der Waals surface area contributed by atoms with E-state index in [2.05, 4.69) is 19.1 Å². The number of allylic oxidation sites excluding steroid dienone is 1. The molecule has 3 fully saturated rings. The number of fused-ring (bicyclic) bond motifs is 4. The summed E-state index contributed by atoms with van der Waals surface area (Å²) in [6.07, 6.45) is 9.54. The molecule has 0 amide bonds. The maximum atomic E-state index is 11.0. The van der Waals surface area contributed by atoms with Crippen LogP contribution in [0.25, 0.3) is 0 Å². The van der Waals surface area contributed by atoms with E-state index in [0.29, 0.717) is 17.8 Å². The predicted octanol–water partition coefficient (Wildman–Crippen LogP) is 2.11. The highest BCUT2D eigenvalue weighted by molar-refractivity contribution is 5.20. The van der Waals surface area contributed by atoms with Gasteiger partial charge in [-0.1, -0.05) is 19.1 Å². The molecule has 0 aliphatic heterocycles. The lowest BCUT2D eigenvalue weighted by Crippen LogP contribution is -2.52. The molecule has 17 heavy (non-hydrogen) atoms. The van der Waals surface area contributed by atoms with Crippen LogP contribution < -0.4 is 0 Å². The Balaban J connectivity index is 1.87. The third kappa shape index (κ3) is 1.18. The lowest BCUT2D eigenvalue weighted by atomic mass is 9.55. The molecular weight excluding hydrogens is 212 g/mol. The second-order valence-corrected chi connectivity index (χ2v) is 7.35. The molecule has 3 saturated carbocycles.